The lowest BCUT2D eigenvalue weighted by Gasteiger charge is -2.10. The summed E-state index contributed by atoms with van der Waals surface area (Å²) in [6, 6.07) is 4.18. The van der Waals surface area contributed by atoms with E-state index < -0.39 is 0 Å². The molecule has 6 nitrogen and oxygen atoms in total. The van der Waals surface area contributed by atoms with E-state index in [0.717, 1.165) is 24.4 Å². The minimum absolute atomic E-state index is 0.0362. The van der Waals surface area contributed by atoms with Crippen molar-refractivity contribution in [1.29, 1.82) is 0 Å². The summed E-state index contributed by atoms with van der Waals surface area (Å²) in [6.45, 7) is 10.5. The van der Waals surface area contributed by atoms with Crippen molar-refractivity contribution in [3.05, 3.63) is 18.3 Å². The van der Waals surface area contributed by atoms with E-state index in [1.54, 1.807) is 6.20 Å². The first-order valence-electron chi connectivity index (χ1n) is 9.02. The van der Waals surface area contributed by atoms with E-state index in [9.17, 15) is 4.79 Å². The van der Waals surface area contributed by atoms with Gasteiger partial charge < -0.3 is 19.5 Å². The van der Waals surface area contributed by atoms with E-state index in [-0.39, 0.29) is 18.3 Å². The van der Waals surface area contributed by atoms with Crippen molar-refractivity contribution in [2.75, 3.05) is 38.4 Å². The summed E-state index contributed by atoms with van der Waals surface area (Å²) in [4.78, 5) is 15.6. The van der Waals surface area contributed by atoms with Gasteiger partial charge in [-0.2, -0.15) is 0 Å². The largest absolute Gasteiger partial charge is 0.492 e. The number of nitrogens with zero attached hydrogens (tertiary/aromatic N) is 1. The van der Waals surface area contributed by atoms with Crippen LogP contribution in [0.15, 0.2) is 18.3 Å². The van der Waals surface area contributed by atoms with Gasteiger partial charge in [0, 0.05) is 38.2 Å². The fourth-order valence-electron chi connectivity index (χ4n) is 1.90. The lowest BCUT2D eigenvalue weighted by molar-refractivity contribution is -0.126. The third-order valence-electron chi connectivity index (χ3n) is 3.34. The number of Topliss-reactive ketones (excluding diaryl/α,β-unsaturated/α-hetero) is 1. The Bertz CT molecular complexity index is 475. The standard InChI is InChI=1S/C19H32N2O4/c1-15(2)18(22)14-24-11-5-9-23-10-6-12-25-17-7-8-19(20-13-17)21-16(3)4/h7-8,13,15-16H,5-6,9-12,14H2,1-4H3,(H,20,21). The monoisotopic (exact) mass is 352 g/mol. The van der Waals surface area contributed by atoms with Crippen LogP contribution in [0.3, 0.4) is 0 Å². The maximum atomic E-state index is 11.4. The van der Waals surface area contributed by atoms with Crippen LogP contribution >= 0.6 is 0 Å². The molecule has 0 radical (unpaired) electrons. The van der Waals surface area contributed by atoms with E-state index in [4.69, 9.17) is 14.2 Å². The molecule has 25 heavy (non-hydrogen) atoms. The molecule has 0 unspecified atom stereocenters. The maximum absolute atomic E-state index is 11.4. The second-order valence-corrected chi connectivity index (χ2v) is 6.52. The number of hydrogen-bond acceptors (Lipinski definition) is 6. The third-order valence-corrected chi connectivity index (χ3v) is 3.34. The van der Waals surface area contributed by atoms with Gasteiger partial charge in [-0.1, -0.05) is 13.8 Å². The van der Waals surface area contributed by atoms with Crippen LogP contribution in [0.4, 0.5) is 5.82 Å². The van der Waals surface area contributed by atoms with Gasteiger partial charge in [-0.3, -0.25) is 4.79 Å². The first kappa shape index (κ1) is 21.4. The molecule has 0 aliphatic heterocycles. The van der Waals surface area contributed by atoms with Gasteiger partial charge in [-0.15, -0.1) is 0 Å². The first-order chi connectivity index (χ1) is 12.0. The van der Waals surface area contributed by atoms with E-state index in [2.05, 4.69) is 24.1 Å². The van der Waals surface area contributed by atoms with Gasteiger partial charge in [-0.25, -0.2) is 4.98 Å². The number of nitrogens with one attached hydrogen (secondary N) is 1. The van der Waals surface area contributed by atoms with Gasteiger partial charge in [0.1, 0.15) is 18.2 Å². The Morgan fingerprint density at radius 2 is 1.72 bits per heavy atom. The average molecular weight is 352 g/mol. The highest BCUT2D eigenvalue weighted by molar-refractivity contribution is 5.81. The molecule has 0 saturated heterocycles. The number of hydrogen-bond donors (Lipinski definition) is 1. The molecule has 1 heterocycles. The Balaban J connectivity index is 1.96. The van der Waals surface area contributed by atoms with E-state index in [1.807, 2.05) is 26.0 Å². The summed E-state index contributed by atoms with van der Waals surface area (Å²) in [5, 5.41) is 3.23. The van der Waals surface area contributed by atoms with Crippen LogP contribution in [0.5, 0.6) is 5.75 Å². The molecule has 0 atom stereocenters. The first-order valence-corrected chi connectivity index (χ1v) is 9.02. The van der Waals surface area contributed by atoms with Gasteiger partial charge >= 0.3 is 0 Å². The molecular weight excluding hydrogens is 320 g/mol. The Kier molecular flexibility index (Phi) is 10.8. The Morgan fingerprint density at radius 3 is 2.32 bits per heavy atom. The van der Waals surface area contributed by atoms with Crippen LogP contribution in [0, 0.1) is 5.92 Å². The summed E-state index contributed by atoms with van der Waals surface area (Å²) in [5.74, 6) is 1.79. The van der Waals surface area contributed by atoms with Crippen LogP contribution in [0.1, 0.15) is 40.5 Å². The highest BCUT2D eigenvalue weighted by Crippen LogP contribution is 2.12. The molecule has 1 aromatic heterocycles. The van der Waals surface area contributed by atoms with Crippen LogP contribution in [-0.2, 0) is 14.3 Å². The molecule has 0 saturated carbocycles. The number of ketones is 1. The van der Waals surface area contributed by atoms with Gasteiger partial charge in [0.05, 0.1) is 12.8 Å². The molecule has 0 bridgehead atoms. The summed E-state index contributed by atoms with van der Waals surface area (Å²) in [7, 11) is 0. The molecule has 0 aliphatic rings. The predicted octanol–water partition coefficient (Wildman–Crippen LogP) is 3.32. The molecule has 0 fully saturated rings. The highest BCUT2D eigenvalue weighted by Gasteiger charge is 2.06. The number of rotatable bonds is 14. The van der Waals surface area contributed by atoms with Crippen LogP contribution in [-0.4, -0.2) is 49.8 Å². The lowest BCUT2D eigenvalue weighted by Crippen LogP contribution is -2.15. The molecule has 0 amide bonds. The fourth-order valence-corrected chi connectivity index (χ4v) is 1.90. The summed E-state index contributed by atoms with van der Waals surface area (Å²) < 4.78 is 16.5. The number of carbonyl (C=O) groups excluding carboxylic acids is 1. The number of aromatic nitrogens is 1. The molecule has 0 aliphatic carbocycles. The molecule has 0 aromatic carbocycles. The Morgan fingerprint density at radius 1 is 1.04 bits per heavy atom. The summed E-state index contributed by atoms with van der Waals surface area (Å²) >= 11 is 0. The zero-order chi connectivity index (χ0) is 18.5. The maximum Gasteiger partial charge on any atom is 0.160 e. The third kappa shape index (κ3) is 10.7. The van der Waals surface area contributed by atoms with Crippen molar-refractivity contribution in [3.63, 3.8) is 0 Å². The van der Waals surface area contributed by atoms with E-state index in [1.165, 1.54) is 0 Å². The minimum Gasteiger partial charge on any atom is -0.492 e. The van der Waals surface area contributed by atoms with E-state index in [0.29, 0.717) is 32.5 Å². The van der Waals surface area contributed by atoms with Crippen molar-refractivity contribution in [2.24, 2.45) is 5.92 Å². The second-order valence-electron chi connectivity index (χ2n) is 6.52. The topological polar surface area (TPSA) is 69.7 Å². The SMILES string of the molecule is CC(C)Nc1ccc(OCCCOCCCOCC(=O)C(C)C)cn1. The predicted molar refractivity (Wildman–Crippen MR) is 99.2 cm³/mol. The van der Waals surface area contributed by atoms with Crippen molar-refractivity contribution < 1.29 is 19.0 Å². The number of anilines is 1. The number of carbonyl (C=O) groups is 1. The van der Waals surface area contributed by atoms with Gasteiger partial charge in [0.25, 0.3) is 0 Å². The van der Waals surface area contributed by atoms with Crippen LogP contribution in [0.2, 0.25) is 0 Å². The smallest absolute Gasteiger partial charge is 0.160 e. The summed E-state index contributed by atoms with van der Waals surface area (Å²) in [6.07, 6.45) is 3.33. The number of pyridine rings is 1. The van der Waals surface area contributed by atoms with Crippen molar-refractivity contribution in [3.8, 4) is 5.75 Å². The Hall–Kier alpha value is -1.66. The zero-order valence-corrected chi connectivity index (χ0v) is 15.9. The lowest BCUT2D eigenvalue weighted by atomic mass is 10.1. The van der Waals surface area contributed by atoms with Crippen molar-refractivity contribution >= 4 is 11.6 Å². The molecule has 6 heteroatoms. The van der Waals surface area contributed by atoms with Crippen LogP contribution in [0.25, 0.3) is 0 Å². The molecular formula is C19H32N2O4. The average Bonchev–Trinajstić information content (AvgIpc) is 2.57. The van der Waals surface area contributed by atoms with Crippen LogP contribution < -0.4 is 10.1 Å². The van der Waals surface area contributed by atoms with Crippen molar-refractivity contribution in [2.45, 2.75) is 46.6 Å². The minimum atomic E-state index is 0.0362. The zero-order valence-electron chi connectivity index (χ0n) is 15.9. The van der Waals surface area contributed by atoms with Gasteiger partial charge in [0.2, 0.25) is 0 Å². The molecule has 0 spiro atoms. The van der Waals surface area contributed by atoms with E-state index >= 15 is 0 Å². The highest BCUT2D eigenvalue weighted by atomic mass is 16.5. The molecule has 1 rings (SSSR count). The normalized spacial score (nSPS) is 11.1. The molecule has 142 valence electrons. The summed E-state index contributed by atoms with van der Waals surface area (Å²) in [5.41, 5.74) is 0. The van der Waals surface area contributed by atoms with Gasteiger partial charge in [0.15, 0.2) is 5.78 Å². The van der Waals surface area contributed by atoms with Gasteiger partial charge in [-0.05, 0) is 32.4 Å². The fraction of sp³-hybridized carbons (Fsp3) is 0.684. The Labute approximate surface area is 151 Å². The molecule has 1 N–H and O–H groups in total. The van der Waals surface area contributed by atoms with Crippen molar-refractivity contribution in [1.82, 2.24) is 4.98 Å². The quantitative estimate of drug-likeness (QED) is 0.518. The molecule has 1 aromatic rings. The number of ether oxygens (including phenoxy) is 3. The second kappa shape index (κ2) is 12.7.